The number of rotatable bonds is 3. The van der Waals surface area contributed by atoms with Gasteiger partial charge in [0.05, 0.1) is 10.6 Å². The van der Waals surface area contributed by atoms with Crippen LogP contribution in [0.15, 0.2) is 22.7 Å². The van der Waals surface area contributed by atoms with E-state index in [4.69, 9.17) is 4.74 Å². The van der Waals surface area contributed by atoms with Gasteiger partial charge in [-0.3, -0.25) is 4.79 Å². The van der Waals surface area contributed by atoms with Gasteiger partial charge in [-0.15, -0.1) is 0 Å². The fourth-order valence-corrected chi connectivity index (χ4v) is 2.55. The molecule has 1 aliphatic rings. The first-order chi connectivity index (χ1) is 8.20. The number of aliphatic hydroxyl groups excluding tert-OH is 1. The normalized spacial score (nSPS) is 24.4. The Kier molecular flexibility index (Phi) is 4.18. The van der Waals surface area contributed by atoms with Gasteiger partial charge in [-0.25, -0.2) is 0 Å². The quantitative estimate of drug-likeness (QED) is 0.873. The third-order valence-electron chi connectivity index (χ3n) is 3.04. The molecule has 2 atom stereocenters. The van der Waals surface area contributed by atoms with Crippen molar-refractivity contribution >= 4 is 22.2 Å². The molecule has 0 radical (unpaired) electrons. The Morgan fingerprint density at radius 2 is 2.12 bits per heavy atom. The molecule has 3 nitrogen and oxygen atoms in total. The number of halogens is 1. The van der Waals surface area contributed by atoms with Crippen LogP contribution >= 0.6 is 15.9 Å². The van der Waals surface area contributed by atoms with Gasteiger partial charge in [-0.1, -0.05) is 6.42 Å². The van der Waals surface area contributed by atoms with Crippen LogP contribution in [0, 0.1) is 0 Å². The molecule has 1 aromatic rings. The highest BCUT2D eigenvalue weighted by Gasteiger charge is 2.25. The lowest BCUT2D eigenvalue weighted by Gasteiger charge is -2.28. The van der Waals surface area contributed by atoms with Gasteiger partial charge < -0.3 is 9.84 Å². The van der Waals surface area contributed by atoms with Crippen LogP contribution in [0.25, 0.3) is 0 Å². The number of carbonyl (C=O) groups is 1. The number of aliphatic hydroxyl groups is 1. The lowest BCUT2D eigenvalue weighted by molar-refractivity contribution is 0.00648. The summed E-state index contributed by atoms with van der Waals surface area (Å²) in [7, 11) is 0. The minimum atomic E-state index is -0.388. The van der Waals surface area contributed by atoms with Crippen molar-refractivity contribution in [3.05, 3.63) is 28.2 Å². The van der Waals surface area contributed by atoms with Crippen molar-refractivity contribution in [2.45, 2.75) is 37.9 Å². The van der Waals surface area contributed by atoms with Crippen molar-refractivity contribution in [1.29, 1.82) is 0 Å². The summed E-state index contributed by atoms with van der Waals surface area (Å²) in [5.41, 5.74) is 0.605. The SMILES string of the molecule is O=Cc1ccc(OC2CCCCC2O)c(Br)c1. The molecular formula is C13H15BrO3. The van der Waals surface area contributed by atoms with Gasteiger partial charge in [0, 0.05) is 5.56 Å². The zero-order chi connectivity index (χ0) is 12.3. The number of benzene rings is 1. The first-order valence-electron chi connectivity index (χ1n) is 5.80. The van der Waals surface area contributed by atoms with Crippen LogP contribution in [0.2, 0.25) is 0 Å². The second-order valence-electron chi connectivity index (χ2n) is 4.32. The van der Waals surface area contributed by atoms with Crippen LogP contribution < -0.4 is 4.74 Å². The number of aldehydes is 1. The highest BCUT2D eigenvalue weighted by Crippen LogP contribution is 2.30. The predicted molar refractivity (Wildman–Crippen MR) is 68.4 cm³/mol. The lowest BCUT2D eigenvalue weighted by Crippen LogP contribution is -2.34. The van der Waals surface area contributed by atoms with Crippen LogP contribution in [0.3, 0.4) is 0 Å². The molecule has 92 valence electrons. The number of hydrogen-bond acceptors (Lipinski definition) is 3. The summed E-state index contributed by atoms with van der Waals surface area (Å²) in [4.78, 5) is 10.6. The second kappa shape index (κ2) is 5.65. The summed E-state index contributed by atoms with van der Waals surface area (Å²) in [5.74, 6) is 0.682. The average Bonchev–Trinajstić information content (AvgIpc) is 2.34. The summed E-state index contributed by atoms with van der Waals surface area (Å²) in [6, 6.07) is 5.19. The minimum Gasteiger partial charge on any atom is -0.487 e. The molecule has 1 N–H and O–H groups in total. The number of carbonyl (C=O) groups excluding carboxylic acids is 1. The van der Waals surface area contributed by atoms with Crippen LogP contribution in [0.1, 0.15) is 36.0 Å². The maximum atomic E-state index is 10.6. The average molecular weight is 299 g/mol. The number of ether oxygens (including phenoxy) is 1. The van der Waals surface area contributed by atoms with Gasteiger partial charge in [0.15, 0.2) is 0 Å². The van der Waals surface area contributed by atoms with Crippen molar-refractivity contribution in [2.24, 2.45) is 0 Å². The van der Waals surface area contributed by atoms with E-state index in [1.807, 2.05) is 0 Å². The van der Waals surface area contributed by atoms with Crippen LogP contribution in [0.4, 0.5) is 0 Å². The molecule has 2 rings (SSSR count). The van der Waals surface area contributed by atoms with Crippen LogP contribution in [-0.4, -0.2) is 23.6 Å². The van der Waals surface area contributed by atoms with Crippen molar-refractivity contribution in [3.63, 3.8) is 0 Å². The first-order valence-corrected chi connectivity index (χ1v) is 6.59. The monoisotopic (exact) mass is 298 g/mol. The Bertz CT molecular complexity index is 406. The summed E-state index contributed by atoms with van der Waals surface area (Å²) < 4.78 is 6.53. The molecule has 4 heteroatoms. The standard InChI is InChI=1S/C13H15BrO3/c14-10-7-9(8-15)5-6-12(10)17-13-4-2-1-3-11(13)16/h5-8,11,13,16H,1-4H2. The van der Waals surface area contributed by atoms with Crippen molar-refractivity contribution in [2.75, 3.05) is 0 Å². The molecule has 17 heavy (non-hydrogen) atoms. The molecule has 1 aliphatic carbocycles. The van der Waals surface area contributed by atoms with Gasteiger partial charge in [0.1, 0.15) is 18.1 Å². The topological polar surface area (TPSA) is 46.5 Å². The number of hydrogen-bond donors (Lipinski definition) is 1. The Balaban J connectivity index is 2.09. The second-order valence-corrected chi connectivity index (χ2v) is 5.17. The summed E-state index contributed by atoms with van der Waals surface area (Å²) in [6.45, 7) is 0. The Morgan fingerprint density at radius 3 is 2.76 bits per heavy atom. The largest absolute Gasteiger partial charge is 0.487 e. The third kappa shape index (κ3) is 3.07. The van der Waals surface area contributed by atoms with Gasteiger partial charge in [-0.05, 0) is 53.4 Å². The fraction of sp³-hybridized carbons (Fsp3) is 0.462. The molecule has 0 amide bonds. The summed E-state index contributed by atoms with van der Waals surface area (Å²) in [5, 5.41) is 9.83. The van der Waals surface area contributed by atoms with E-state index in [2.05, 4.69) is 15.9 Å². The van der Waals surface area contributed by atoms with E-state index in [0.717, 1.165) is 36.4 Å². The Labute approximate surface area is 109 Å². The molecule has 0 spiro atoms. The molecule has 2 unspecified atom stereocenters. The molecule has 1 fully saturated rings. The smallest absolute Gasteiger partial charge is 0.150 e. The van der Waals surface area contributed by atoms with Gasteiger partial charge in [0.2, 0.25) is 0 Å². The lowest BCUT2D eigenvalue weighted by atomic mass is 9.95. The van der Waals surface area contributed by atoms with E-state index >= 15 is 0 Å². The Hall–Kier alpha value is -0.870. The van der Waals surface area contributed by atoms with Gasteiger partial charge in [0.25, 0.3) is 0 Å². The van der Waals surface area contributed by atoms with Crippen LogP contribution in [-0.2, 0) is 0 Å². The molecular weight excluding hydrogens is 284 g/mol. The summed E-state index contributed by atoms with van der Waals surface area (Å²) in [6.07, 6.45) is 4.10. The first kappa shape index (κ1) is 12.6. The Morgan fingerprint density at radius 1 is 1.35 bits per heavy atom. The zero-order valence-corrected chi connectivity index (χ0v) is 11.0. The maximum absolute atomic E-state index is 10.6. The molecule has 0 aromatic heterocycles. The van der Waals surface area contributed by atoms with E-state index in [9.17, 15) is 9.90 Å². The highest BCUT2D eigenvalue weighted by molar-refractivity contribution is 9.10. The highest BCUT2D eigenvalue weighted by atomic mass is 79.9. The van der Waals surface area contributed by atoms with E-state index < -0.39 is 0 Å². The molecule has 0 heterocycles. The molecule has 0 bridgehead atoms. The fourth-order valence-electron chi connectivity index (χ4n) is 2.06. The molecule has 0 saturated heterocycles. The van der Waals surface area contributed by atoms with Crippen molar-refractivity contribution < 1.29 is 14.6 Å². The van der Waals surface area contributed by atoms with E-state index in [1.54, 1.807) is 18.2 Å². The molecule has 0 aliphatic heterocycles. The van der Waals surface area contributed by atoms with Crippen molar-refractivity contribution in [3.8, 4) is 5.75 Å². The van der Waals surface area contributed by atoms with Gasteiger partial charge in [-0.2, -0.15) is 0 Å². The minimum absolute atomic E-state index is 0.137. The molecule has 1 aromatic carbocycles. The van der Waals surface area contributed by atoms with Crippen LogP contribution in [0.5, 0.6) is 5.75 Å². The third-order valence-corrected chi connectivity index (χ3v) is 3.66. The zero-order valence-electron chi connectivity index (χ0n) is 9.43. The van der Waals surface area contributed by atoms with E-state index in [0.29, 0.717) is 11.3 Å². The summed E-state index contributed by atoms with van der Waals surface area (Å²) >= 11 is 3.37. The molecule has 1 saturated carbocycles. The van der Waals surface area contributed by atoms with E-state index in [1.165, 1.54) is 0 Å². The van der Waals surface area contributed by atoms with Gasteiger partial charge >= 0.3 is 0 Å². The van der Waals surface area contributed by atoms with Crippen molar-refractivity contribution in [1.82, 2.24) is 0 Å². The maximum Gasteiger partial charge on any atom is 0.150 e. The predicted octanol–water partition coefficient (Wildman–Crippen LogP) is 2.94. The van der Waals surface area contributed by atoms with E-state index in [-0.39, 0.29) is 12.2 Å².